The number of aromatic nitrogens is 1. The molecular weight excluding hydrogens is 396 g/mol. The molecule has 0 unspecified atom stereocenters. The van der Waals surface area contributed by atoms with Gasteiger partial charge in [0.05, 0.1) is 7.11 Å². The molecule has 0 radical (unpaired) electrons. The van der Waals surface area contributed by atoms with Crippen LogP contribution in [0.25, 0.3) is 10.9 Å². The predicted octanol–water partition coefficient (Wildman–Crippen LogP) is 2.18. The van der Waals surface area contributed by atoms with Crippen molar-refractivity contribution >= 4 is 28.4 Å². The van der Waals surface area contributed by atoms with Crippen molar-refractivity contribution in [3.63, 3.8) is 0 Å². The highest BCUT2D eigenvalue weighted by molar-refractivity contribution is 6.06. The third-order valence-corrected chi connectivity index (χ3v) is 5.48. The molecule has 1 aromatic heterocycles. The number of rotatable bonds is 4. The van der Waals surface area contributed by atoms with Gasteiger partial charge in [0.2, 0.25) is 0 Å². The van der Waals surface area contributed by atoms with Crippen molar-refractivity contribution in [2.24, 2.45) is 0 Å². The number of ether oxygens (including phenoxy) is 1. The van der Waals surface area contributed by atoms with Gasteiger partial charge in [-0.1, -0.05) is 0 Å². The van der Waals surface area contributed by atoms with E-state index in [4.69, 9.17) is 4.74 Å². The summed E-state index contributed by atoms with van der Waals surface area (Å²) in [4.78, 5) is 44.4. The van der Waals surface area contributed by atoms with Crippen molar-refractivity contribution in [2.75, 3.05) is 45.7 Å². The first-order valence-electron chi connectivity index (χ1n) is 10.0. The van der Waals surface area contributed by atoms with Crippen molar-refractivity contribution in [3.05, 3.63) is 70.0 Å². The number of fused-ring (bicyclic) bond motifs is 1. The van der Waals surface area contributed by atoms with Gasteiger partial charge in [-0.25, -0.2) is 0 Å². The Bertz CT molecular complexity index is 1180. The number of likely N-dealkylation sites (N-methyl/N-ethyl adjacent to an activating group) is 1. The highest BCUT2D eigenvalue weighted by atomic mass is 16.5. The molecule has 3 aromatic rings. The van der Waals surface area contributed by atoms with E-state index in [1.54, 1.807) is 49.6 Å². The minimum Gasteiger partial charge on any atom is -0.497 e. The lowest BCUT2D eigenvalue weighted by atomic mass is 10.1. The van der Waals surface area contributed by atoms with Crippen LogP contribution >= 0.6 is 0 Å². The second-order valence-electron chi connectivity index (χ2n) is 7.59. The molecule has 1 saturated heterocycles. The molecule has 2 heterocycles. The lowest BCUT2D eigenvalue weighted by molar-refractivity contribution is 0.0664. The van der Waals surface area contributed by atoms with Gasteiger partial charge in [0.25, 0.3) is 17.4 Å². The predicted molar refractivity (Wildman–Crippen MR) is 119 cm³/mol. The number of methoxy groups -OCH3 is 1. The Morgan fingerprint density at radius 3 is 2.39 bits per heavy atom. The van der Waals surface area contributed by atoms with Crippen LogP contribution in [-0.2, 0) is 0 Å². The van der Waals surface area contributed by atoms with E-state index < -0.39 is 11.5 Å². The van der Waals surface area contributed by atoms with Crippen LogP contribution in [0.15, 0.2) is 53.3 Å². The zero-order valence-corrected chi connectivity index (χ0v) is 17.5. The van der Waals surface area contributed by atoms with Gasteiger partial charge in [0.15, 0.2) is 0 Å². The number of hydrogen-bond acceptors (Lipinski definition) is 5. The molecule has 8 nitrogen and oxygen atoms in total. The summed E-state index contributed by atoms with van der Waals surface area (Å²) in [6.07, 6.45) is 0. The molecule has 0 aliphatic carbocycles. The van der Waals surface area contributed by atoms with Gasteiger partial charge in [-0.15, -0.1) is 0 Å². The maximum absolute atomic E-state index is 12.7. The number of amides is 2. The van der Waals surface area contributed by atoms with E-state index in [-0.39, 0.29) is 11.5 Å². The Kier molecular flexibility index (Phi) is 5.73. The van der Waals surface area contributed by atoms with Gasteiger partial charge in [0, 0.05) is 48.3 Å². The van der Waals surface area contributed by atoms with Crippen LogP contribution in [-0.4, -0.2) is 66.9 Å². The SMILES string of the molecule is COc1ccc2[nH]c(=O)c(C(=O)Nc3ccc(C(=O)N4CCN(C)CC4)cc3)cc2c1. The molecule has 31 heavy (non-hydrogen) atoms. The van der Waals surface area contributed by atoms with Crippen LogP contribution in [0.3, 0.4) is 0 Å². The normalized spacial score (nSPS) is 14.5. The fourth-order valence-electron chi connectivity index (χ4n) is 3.57. The lowest BCUT2D eigenvalue weighted by Gasteiger charge is -2.32. The van der Waals surface area contributed by atoms with E-state index in [0.29, 0.717) is 41.0 Å². The Hall–Kier alpha value is -3.65. The number of hydrogen-bond donors (Lipinski definition) is 2. The topological polar surface area (TPSA) is 94.7 Å². The molecule has 0 atom stereocenters. The van der Waals surface area contributed by atoms with Crippen molar-refractivity contribution in [1.29, 1.82) is 0 Å². The second kappa shape index (κ2) is 8.61. The minimum absolute atomic E-state index is 0.00153. The van der Waals surface area contributed by atoms with E-state index in [0.717, 1.165) is 13.1 Å². The van der Waals surface area contributed by atoms with Crippen LogP contribution in [0.4, 0.5) is 5.69 Å². The first kappa shape index (κ1) is 20.6. The average molecular weight is 420 g/mol. The van der Waals surface area contributed by atoms with E-state index in [9.17, 15) is 14.4 Å². The second-order valence-corrected chi connectivity index (χ2v) is 7.59. The van der Waals surface area contributed by atoms with Gasteiger partial charge in [-0.2, -0.15) is 0 Å². The summed E-state index contributed by atoms with van der Waals surface area (Å²) >= 11 is 0. The summed E-state index contributed by atoms with van der Waals surface area (Å²) in [5.74, 6) is 0.0847. The zero-order chi connectivity index (χ0) is 22.0. The van der Waals surface area contributed by atoms with Crippen LogP contribution in [0.2, 0.25) is 0 Å². The van der Waals surface area contributed by atoms with Crippen LogP contribution < -0.4 is 15.6 Å². The van der Waals surface area contributed by atoms with Crippen molar-refractivity contribution in [1.82, 2.24) is 14.8 Å². The average Bonchev–Trinajstić information content (AvgIpc) is 2.78. The Morgan fingerprint density at radius 1 is 1.00 bits per heavy atom. The Labute approximate surface area is 179 Å². The number of carbonyl (C=O) groups is 2. The van der Waals surface area contributed by atoms with Gasteiger partial charge < -0.3 is 24.8 Å². The first-order chi connectivity index (χ1) is 14.9. The summed E-state index contributed by atoms with van der Waals surface area (Å²) in [6, 6.07) is 13.5. The summed E-state index contributed by atoms with van der Waals surface area (Å²) in [5.41, 5.74) is 1.22. The van der Waals surface area contributed by atoms with Crippen molar-refractivity contribution in [2.45, 2.75) is 0 Å². The molecule has 160 valence electrons. The quantitative estimate of drug-likeness (QED) is 0.675. The number of pyridine rings is 1. The molecule has 2 amide bonds. The summed E-state index contributed by atoms with van der Waals surface area (Å²) < 4.78 is 5.20. The first-order valence-corrected chi connectivity index (χ1v) is 10.0. The van der Waals surface area contributed by atoms with Crippen LogP contribution in [0, 0.1) is 0 Å². The Balaban J connectivity index is 1.49. The summed E-state index contributed by atoms with van der Waals surface area (Å²) in [5, 5.41) is 3.41. The highest BCUT2D eigenvalue weighted by Crippen LogP contribution is 2.19. The number of anilines is 1. The highest BCUT2D eigenvalue weighted by Gasteiger charge is 2.20. The minimum atomic E-state index is -0.524. The van der Waals surface area contributed by atoms with Gasteiger partial charge in [-0.3, -0.25) is 14.4 Å². The fourth-order valence-corrected chi connectivity index (χ4v) is 3.57. The molecule has 8 heteroatoms. The molecular formula is C23H24N4O4. The zero-order valence-electron chi connectivity index (χ0n) is 17.5. The van der Waals surface area contributed by atoms with Gasteiger partial charge in [-0.05, 0) is 55.6 Å². The third kappa shape index (κ3) is 4.44. The number of nitrogens with zero attached hydrogens (tertiary/aromatic N) is 2. The van der Waals surface area contributed by atoms with Crippen molar-refractivity contribution < 1.29 is 14.3 Å². The smallest absolute Gasteiger partial charge is 0.261 e. The summed E-state index contributed by atoms with van der Waals surface area (Å²) in [7, 11) is 3.59. The van der Waals surface area contributed by atoms with Crippen LogP contribution in [0.5, 0.6) is 5.75 Å². The third-order valence-electron chi connectivity index (χ3n) is 5.48. The molecule has 0 saturated carbocycles. The number of benzene rings is 2. The van der Waals surface area contributed by atoms with E-state index in [1.165, 1.54) is 6.07 Å². The maximum atomic E-state index is 12.7. The lowest BCUT2D eigenvalue weighted by Crippen LogP contribution is -2.47. The molecule has 1 aliphatic rings. The summed E-state index contributed by atoms with van der Waals surface area (Å²) in [6.45, 7) is 3.10. The maximum Gasteiger partial charge on any atom is 0.261 e. The molecule has 1 fully saturated rings. The van der Waals surface area contributed by atoms with Gasteiger partial charge >= 0.3 is 0 Å². The molecule has 2 aromatic carbocycles. The molecule has 0 bridgehead atoms. The van der Waals surface area contributed by atoms with Crippen molar-refractivity contribution in [3.8, 4) is 5.75 Å². The fraction of sp³-hybridized carbons (Fsp3) is 0.261. The number of piperazine rings is 1. The monoisotopic (exact) mass is 420 g/mol. The molecule has 2 N–H and O–H groups in total. The van der Waals surface area contributed by atoms with Crippen LogP contribution in [0.1, 0.15) is 20.7 Å². The number of H-pyrrole nitrogens is 1. The number of nitrogens with one attached hydrogen (secondary N) is 2. The number of carbonyl (C=O) groups excluding carboxylic acids is 2. The molecule has 1 aliphatic heterocycles. The molecule has 0 spiro atoms. The number of aromatic amines is 1. The largest absolute Gasteiger partial charge is 0.497 e. The van der Waals surface area contributed by atoms with E-state index in [2.05, 4.69) is 15.2 Å². The Morgan fingerprint density at radius 2 is 1.71 bits per heavy atom. The van der Waals surface area contributed by atoms with E-state index >= 15 is 0 Å². The standard InChI is InChI=1S/C23H24N4O4/c1-26-9-11-27(12-10-26)23(30)15-3-5-17(6-4-15)24-21(28)19-14-16-13-18(31-2)7-8-20(16)25-22(19)29/h3-8,13-14H,9-12H2,1-2H3,(H,24,28)(H,25,29). The molecule has 4 rings (SSSR count). The van der Waals surface area contributed by atoms with Gasteiger partial charge in [0.1, 0.15) is 11.3 Å². The van der Waals surface area contributed by atoms with E-state index in [1.807, 2.05) is 11.9 Å².